The molecule has 3 aromatic rings. The molecule has 0 radical (unpaired) electrons. The molecule has 1 aliphatic heterocycles. The van der Waals surface area contributed by atoms with E-state index >= 15 is 0 Å². The van der Waals surface area contributed by atoms with Crippen LogP contribution in [0.4, 0.5) is 16.2 Å². The van der Waals surface area contributed by atoms with E-state index in [-0.39, 0.29) is 11.9 Å². The molecule has 0 aliphatic carbocycles. The van der Waals surface area contributed by atoms with Crippen LogP contribution in [0.3, 0.4) is 0 Å². The number of rotatable bonds is 10. The second-order valence-electron chi connectivity index (χ2n) is 9.28. The van der Waals surface area contributed by atoms with Gasteiger partial charge in [0, 0.05) is 69.3 Å². The van der Waals surface area contributed by atoms with Crippen LogP contribution in [-0.2, 0) is 13.0 Å². The molecule has 196 valence electrons. The molecule has 1 saturated heterocycles. The predicted molar refractivity (Wildman–Crippen MR) is 149 cm³/mol. The Kier molecular flexibility index (Phi) is 9.47. The zero-order valence-corrected chi connectivity index (χ0v) is 22.0. The van der Waals surface area contributed by atoms with Gasteiger partial charge >= 0.3 is 6.03 Å². The lowest BCUT2D eigenvalue weighted by atomic mass is 10.1. The lowest BCUT2D eigenvalue weighted by molar-refractivity contribution is 0.102. The van der Waals surface area contributed by atoms with Crippen LogP contribution in [-0.4, -0.2) is 84.5 Å². The Bertz CT molecular complexity index is 1150. The standard InChI is InChI=1S/C27H35N7O2S/c1-32-11-13-33(14-12-32)15-16-34(27(36)29-10-9-21-5-3-2-4-6-21)18-22-7-8-24(30-17-22)26(35)31-25-20-37-19-23(25)28/h2-8,17,19-20H,9-16,18,28H2,1H3,(H,29,36)(H,31,35). The Balaban J connectivity index is 1.35. The molecule has 4 N–H and O–H groups in total. The normalized spacial score (nSPS) is 14.3. The van der Waals surface area contributed by atoms with Gasteiger partial charge in [-0.05, 0) is 30.7 Å². The van der Waals surface area contributed by atoms with Crippen LogP contribution < -0.4 is 16.4 Å². The number of nitrogens with one attached hydrogen (secondary N) is 2. The van der Waals surface area contributed by atoms with Crippen LogP contribution in [0.1, 0.15) is 21.6 Å². The van der Waals surface area contributed by atoms with Crippen molar-refractivity contribution < 1.29 is 9.59 Å². The largest absolute Gasteiger partial charge is 0.396 e. The van der Waals surface area contributed by atoms with Gasteiger partial charge in [-0.25, -0.2) is 4.79 Å². The van der Waals surface area contributed by atoms with E-state index in [1.165, 1.54) is 16.9 Å². The molecular formula is C27H35N7O2S. The highest BCUT2D eigenvalue weighted by Gasteiger charge is 2.19. The summed E-state index contributed by atoms with van der Waals surface area (Å²) < 4.78 is 0. The number of hydrogen-bond acceptors (Lipinski definition) is 7. The maximum Gasteiger partial charge on any atom is 0.317 e. The summed E-state index contributed by atoms with van der Waals surface area (Å²) in [6, 6.07) is 13.6. The Morgan fingerprint density at radius 1 is 1.05 bits per heavy atom. The topological polar surface area (TPSA) is 107 Å². The van der Waals surface area contributed by atoms with Crippen molar-refractivity contribution in [2.75, 3.05) is 63.9 Å². The lowest BCUT2D eigenvalue weighted by Gasteiger charge is -2.34. The molecule has 0 spiro atoms. The van der Waals surface area contributed by atoms with Crippen LogP contribution in [0.5, 0.6) is 0 Å². The fraction of sp³-hybridized carbons (Fsp3) is 0.370. The van der Waals surface area contributed by atoms with E-state index in [0.29, 0.717) is 36.7 Å². The van der Waals surface area contributed by atoms with E-state index in [1.54, 1.807) is 23.0 Å². The number of nitrogens with two attached hydrogens (primary N) is 1. The second kappa shape index (κ2) is 13.2. The van der Waals surface area contributed by atoms with Gasteiger partial charge in [-0.1, -0.05) is 36.4 Å². The minimum absolute atomic E-state index is 0.0974. The van der Waals surface area contributed by atoms with Crippen LogP contribution in [0.25, 0.3) is 0 Å². The summed E-state index contributed by atoms with van der Waals surface area (Å²) in [4.78, 5) is 36.6. The first kappa shape index (κ1) is 26.6. The molecule has 9 nitrogen and oxygen atoms in total. The third kappa shape index (κ3) is 8.01. The van der Waals surface area contributed by atoms with Gasteiger partial charge in [0.25, 0.3) is 5.91 Å². The van der Waals surface area contributed by atoms with Crippen molar-refractivity contribution in [3.05, 3.63) is 76.2 Å². The molecule has 1 aromatic carbocycles. The Morgan fingerprint density at radius 3 is 2.51 bits per heavy atom. The number of thiophene rings is 1. The molecule has 2 aromatic heterocycles. The van der Waals surface area contributed by atoms with Crippen LogP contribution >= 0.6 is 11.3 Å². The number of urea groups is 1. The summed E-state index contributed by atoms with van der Waals surface area (Å²) in [5, 5.41) is 9.41. The number of aromatic nitrogens is 1. The molecule has 4 rings (SSSR count). The zero-order chi connectivity index (χ0) is 26.0. The van der Waals surface area contributed by atoms with Crippen molar-refractivity contribution in [1.82, 2.24) is 25.0 Å². The highest BCUT2D eigenvalue weighted by Crippen LogP contribution is 2.23. The van der Waals surface area contributed by atoms with Crippen molar-refractivity contribution in [3.8, 4) is 0 Å². The number of likely N-dealkylation sites (N-methyl/N-ethyl adjacent to an activating group) is 1. The molecule has 1 aliphatic rings. The summed E-state index contributed by atoms with van der Waals surface area (Å²) in [7, 11) is 2.13. The van der Waals surface area contributed by atoms with E-state index in [9.17, 15) is 9.59 Å². The average Bonchev–Trinajstić information content (AvgIpc) is 3.32. The Morgan fingerprint density at radius 2 is 1.84 bits per heavy atom. The molecule has 0 atom stereocenters. The molecular weight excluding hydrogens is 486 g/mol. The number of nitrogen functional groups attached to an aromatic ring is 1. The monoisotopic (exact) mass is 521 g/mol. The SMILES string of the molecule is CN1CCN(CCN(Cc2ccc(C(=O)Nc3cscc3N)nc2)C(=O)NCCc2ccccc2)CC1. The summed E-state index contributed by atoms with van der Waals surface area (Å²) >= 11 is 1.43. The van der Waals surface area contributed by atoms with Crippen LogP contribution in [0, 0.1) is 0 Å². The van der Waals surface area contributed by atoms with E-state index < -0.39 is 0 Å². The van der Waals surface area contributed by atoms with E-state index in [1.807, 2.05) is 29.2 Å². The number of amides is 3. The number of hydrogen-bond donors (Lipinski definition) is 3. The van der Waals surface area contributed by atoms with Gasteiger partial charge in [0.15, 0.2) is 0 Å². The molecule has 10 heteroatoms. The first-order chi connectivity index (χ1) is 18.0. The fourth-order valence-corrected chi connectivity index (χ4v) is 4.80. The summed E-state index contributed by atoms with van der Waals surface area (Å²) in [6.07, 6.45) is 2.44. The van der Waals surface area contributed by atoms with Crippen LogP contribution in [0.15, 0.2) is 59.4 Å². The third-order valence-electron chi connectivity index (χ3n) is 6.47. The van der Waals surface area contributed by atoms with E-state index in [4.69, 9.17) is 5.73 Å². The number of carbonyl (C=O) groups excluding carboxylic acids is 2. The van der Waals surface area contributed by atoms with Gasteiger partial charge in [0.1, 0.15) is 5.69 Å². The van der Waals surface area contributed by atoms with Gasteiger partial charge in [-0.3, -0.25) is 14.7 Å². The van der Waals surface area contributed by atoms with Gasteiger partial charge in [0.05, 0.1) is 11.4 Å². The van der Waals surface area contributed by atoms with Crippen molar-refractivity contribution in [2.45, 2.75) is 13.0 Å². The Labute approximate surface area is 222 Å². The third-order valence-corrected chi connectivity index (χ3v) is 7.23. The highest BCUT2D eigenvalue weighted by molar-refractivity contribution is 7.09. The van der Waals surface area contributed by atoms with Crippen molar-refractivity contribution in [1.29, 1.82) is 0 Å². The number of piperazine rings is 1. The van der Waals surface area contributed by atoms with E-state index in [2.05, 4.69) is 44.6 Å². The quantitative estimate of drug-likeness (QED) is 0.379. The molecule has 0 saturated carbocycles. The number of benzene rings is 1. The summed E-state index contributed by atoms with van der Waals surface area (Å²) in [6.45, 7) is 6.48. The molecule has 3 heterocycles. The maximum atomic E-state index is 13.1. The average molecular weight is 522 g/mol. The molecule has 0 unspecified atom stereocenters. The van der Waals surface area contributed by atoms with Crippen molar-refractivity contribution >= 4 is 34.6 Å². The number of carbonyl (C=O) groups is 2. The Hall–Kier alpha value is -3.47. The fourth-order valence-electron chi connectivity index (χ4n) is 4.12. The van der Waals surface area contributed by atoms with Gasteiger partial charge < -0.3 is 26.2 Å². The van der Waals surface area contributed by atoms with Crippen molar-refractivity contribution in [3.63, 3.8) is 0 Å². The molecule has 1 fully saturated rings. The van der Waals surface area contributed by atoms with E-state index in [0.717, 1.165) is 44.7 Å². The highest BCUT2D eigenvalue weighted by atomic mass is 32.1. The number of pyridine rings is 1. The molecule has 37 heavy (non-hydrogen) atoms. The summed E-state index contributed by atoms with van der Waals surface area (Å²) in [5.41, 5.74) is 9.32. The van der Waals surface area contributed by atoms with Crippen molar-refractivity contribution in [2.24, 2.45) is 0 Å². The summed E-state index contributed by atoms with van der Waals surface area (Å²) in [5.74, 6) is -0.317. The molecule has 3 amide bonds. The molecule has 0 bridgehead atoms. The minimum atomic E-state index is -0.317. The number of nitrogens with zero attached hydrogens (tertiary/aromatic N) is 4. The maximum absolute atomic E-state index is 13.1. The van der Waals surface area contributed by atoms with Gasteiger partial charge in [-0.2, -0.15) is 0 Å². The first-order valence-electron chi connectivity index (χ1n) is 12.5. The smallest absolute Gasteiger partial charge is 0.317 e. The lowest BCUT2D eigenvalue weighted by Crippen LogP contribution is -2.49. The predicted octanol–water partition coefficient (Wildman–Crippen LogP) is 2.98. The van der Waals surface area contributed by atoms with Crippen LogP contribution in [0.2, 0.25) is 0 Å². The van der Waals surface area contributed by atoms with Gasteiger partial charge in [0.2, 0.25) is 0 Å². The first-order valence-corrected chi connectivity index (χ1v) is 13.5. The zero-order valence-electron chi connectivity index (χ0n) is 21.2. The van der Waals surface area contributed by atoms with Gasteiger partial charge in [-0.15, -0.1) is 11.3 Å². The number of anilines is 2. The second-order valence-corrected chi connectivity index (χ2v) is 10.0. The minimum Gasteiger partial charge on any atom is -0.396 e.